The lowest BCUT2D eigenvalue weighted by Gasteiger charge is -1.94. The molecule has 0 aliphatic rings. The molecule has 0 unspecified atom stereocenters. The maximum atomic E-state index is 12.2. The summed E-state index contributed by atoms with van der Waals surface area (Å²) in [6.45, 7) is 1.78. The zero-order valence-electron chi connectivity index (χ0n) is 4.93. The van der Waals surface area contributed by atoms with Crippen LogP contribution in [0.25, 0.3) is 0 Å². The molecule has 48 valence electrons. The Morgan fingerprint density at radius 1 is 1.67 bits per heavy atom. The number of pyridine rings is 1. The van der Waals surface area contributed by atoms with Gasteiger partial charge in [-0.3, -0.25) is 0 Å². The van der Waals surface area contributed by atoms with Gasteiger partial charge in [-0.15, -0.1) is 12.6 Å². The molecule has 0 aliphatic carbocycles. The molecule has 9 heavy (non-hydrogen) atoms. The van der Waals surface area contributed by atoms with E-state index < -0.39 is 5.95 Å². The lowest BCUT2D eigenvalue weighted by molar-refractivity contribution is 0.579. The summed E-state index contributed by atoms with van der Waals surface area (Å²) in [6, 6.07) is 1.35. The Morgan fingerprint density at radius 3 is 2.78 bits per heavy atom. The van der Waals surface area contributed by atoms with Crippen molar-refractivity contribution in [3.63, 3.8) is 0 Å². The Hall–Kier alpha value is -0.570. The molecular weight excluding hydrogens is 137 g/mol. The molecule has 1 nitrogen and oxygen atoms in total. The first-order chi connectivity index (χ1) is 4.20. The monoisotopic (exact) mass is 143 g/mol. The quantitative estimate of drug-likeness (QED) is 0.431. The molecular formula is C6H6FNS. The first kappa shape index (κ1) is 6.55. The van der Waals surface area contributed by atoms with E-state index in [0.29, 0.717) is 0 Å². The van der Waals surface area contributed by atoms with Crippen LogP contribution in [0, 0.1) is 12.9 Å². The normalized spacial score (nSPS) is 9.67. The standard InChI is InChI=1S/C6H6FNS/c1-4-2-6(7)8-3-5(4)9/h2-3,9H,1H3. The van der Waals surface area contributed by atoms with Crippen LogP contribution < -0.4 is 0 Å². The highest BCUT2D eigenvalue weighted by atomic mass is 32.1. The number of aryl methyl sites for hydroxylation is 1. The van der Waals surface area contributed by atoms with Crippen LogP contribution in [0.4, 0.5) is 4.39 Å². The smallest absolute Gasteiger partial charge is 0.213 e. The van der Waals surface area contributed by atoms with Gasteiger partial charge in [0.1, 0.15) is 0 Å². The van der Waals surface area contributed by atoms with Gasteiger partial charge < -0.3 is 0 Å². The van der Waals surface area contributed by atoms with Crippen molar-refractivity contribution in [3.8, 4) is 0 Å². The molecule has 3 heteroatoms. The Balaban J connectivity index is 3.17. The molecule has 0 atom stereocenters. The highest BCUT2D eigenvalue weighted by Gasteiger charge is 1.94. The second-order valence-corrected chi connectivity index (χ2v) is 2.28. The van der Waals surface area contributed by atoms with E-state index in [1.165, 1.54) is 12.3 Å². The molecule has 0 spiro atoms. The van der Waals surface area contributed by atoms with Crippen LogP contribution in [0.15, 0.2) is 17.2 Å². The maximum absolute atomic E-state index is 12.2. The highest BCUT2D eigenvalue weighted by Crippen LogP contribution is 2.10. The fourth-order valence-electron chi connectivity index (χ4n) is 0.514. The molecule has 0 aliphatic heterocycles. The minimum Gasteiger partial charge on any atom is -0.227 e. The number of thiol groups is 1. The first-order valence-corrected chi connectivity index (χ1v) is 2.96. The summed E-state index contributed by atoms with van der Waals surface area (Å²) in [5.74, 6) is -0.453. The third-order valence-electron chi connectivity index (χ3n) is 1.05. The van der Waals surface area contributed by atoms with E-state index in [2.05, 4.69) is 17.6 Å². The predicted molar refractivity (Wildman–Crippen MR) is 36.2 cm³/mol. The largest absolute Gasteiger partial charge is 0.227 e. The zero-order chi connectivity index (χ0) is 6.85. The number of hydrogen-bond donors (Lipinski definition) is 1. The van der Waals surface area contributed by atoms with Crippen LogP contribution in [0.2, 0.25) is 0 Å². The van der Waals surface area contributed by atoms with E-state index >= 15 is 0 Å². The number of hydrogen-bond acceptors (Lipinski definition) is 2. The lowest BCUT2D eigenvalue weighted by Crippen LogP contribution is -1.83. The second-order valence-electron chi connectivity index (χ2n) is 1.79. The molecule has 0 radical (unpaired) electrons. The fraction of sp³-hybridized carbons (Fsp3) is 0.167. The third-order valence-corrected chi connectivity index (χ3v) is 1.52. The number of nitrogens with zero attached hydrogens (tertiary/aromatic N) is 1. The highest BCUT2D eigenvalue weighted by molar-refractivity contribution is 7.80. The molecule has 0 fully saturated rings. The minimum absolute atomic E-state index is 0.453. The van der Waals surface area contributed by atoms with Gasteiger partial charge in [-0.2, -0.15) is 4.39 Å². The minimum atomic E-state index is -0.453. The SMILES string of the molecule is Cc1cc(F)ncc1S. The van der Waals surface area contributed by atoms with Crippen LogP contribution in [0.5, 0.6) is 0 Å². The predicted octanol–water partition coefficient (Wildman–Crippen LogP) is 1.82. The van der Waals surface area contributed by atoms with Crippen molar-refractivity contribution >= 4 is 12.6 Å². The Kier molecular flexibility index (Phi) is 1.71. The summed E-state index contributed by atoms with van der Waals surface area (Å²) in [5, 5.41) is 0. The van der Waals surface area contributed by atoms with Gasteiger partial charge in [0.2, 0.25) is 5.95 Å². The molecule has 0 aromatic carbocycles. The van der Waals surface area contributed by atoms with E-state index in [0.717, 1.165) is 10.5 Å². The van der Waals surface area contributed by atoms with Gasteiger partial charge in [-0.05, 0) is 18.6 Å². The van der Waals surface area contributed by atoms with Crippen molar-refractivity contribution in [3.05, 3.63) is 23.8 Å². The molecule has 0 bridgehead atoms. The third kappa shape index (κ3) is 1.42. The van der Waals surface area contributed by atoms with Gasteiger partial charge in [0.15, 0.2) is 0 Å². The fourth-order valence-corrected chi connectivity index (χ4v) is 0.637. The van der Waals surface area contributed by atoms with E-state index in [4.69, 9.17) is 0 Å². The van der Waals surface area contributed by atoms with Crippen molar-refractivity contribution in [2.24, 2.45) is 0 Å². The molecule has 0 N–H and O–H groups in total. The van der Waals surface area contributed by atoms with Crippen LogP contribution >= 0.6 is 12.6 Å². The van der Waals surface area contributed by atoms with Crippen LogP contribution in [-0.4, -0.2) is 4.98 Å². The molecule has 1 rings (SSSR count). The van der Waals surface area contributed by atoms with Gasteiger partial charge in [0, 0.05) is 11.1 Å². The van der Waals surface area contributed by atoms with Crippen LogP contribution in [0.3, 0.4) is 0 Å². The summed E-state index contributed by atoms with van der Waals surface area (Å²) in [7, 11) is 0. The van der Waals surface area contributed by atoms with E-state index in [-0.39, 0.29) is 0 Å². The summed E-state index contributed by atoms with van der Waals surface area (Å²) >= 11 is 4.02. The molecule has 0 saturated carbocycles. The zero-order valence-corrected chi connectivity index (χ0v) is 5.82. The number of halogens is 1. The van der Waals surface area contributed by atoms with E-state index in [9.17, 15) is 4.39 Å². The molecule has 0 saturated heterocycles. The van der Waals surface area contributed by atoms with Crippen molar-refractivity contribution in [2.45, 2.75) is 11.8 Å². The van der Waals surface area contributed by atoms with Gasteiger partial charge in [0.05, 0.1) is 0 Å². The topological polar surface area (TPSA) is 12.9 Å². The molecule has 1 aromatic rings. The van der Waals surface area contributed by atoms with Gasteiger partial charge in [-0.25, -0.2) is 4.98 Å². The van der Waals surface area contributed by atoms with Gasteiger partial charge in [-0.1, -0.05) is 0 Å². The van der Waals surface area contributed by atoms with E-state index in [1.54, 1.807) is 6.92 Å². The van der Waals surface area contributed by atoms with Crippen LogP contribution in [0.1, 0.15) is 5.56 Å². The van der Waals surface area contributed by atoms with Crippen molar-refractivity contribution < 1.29 is 4.39 Å². The van der Waals surface area contributed by atoms with Crippen molar-refractivity contribution in [1.29, 1.82) is 0 Å². The Morgan fingerprint density at radius 2 is 2.33 bits per heavy atom. The summed E-state index contributed by atoms with van der Waals surface area (Å²) < 4.78 is 12.2. The molecule has 1 heterocycles. The second kappa shape index (κ2) is 2.35. The van der Waals surface area contributed by atoms with Gasteiger partial charge in [0.25, 0.3) is 0 Å². The Bertz CT molecular complexity index is 224. The molecule has 0 amide bonds. The maximum Gasteiger partial charge on any atom is 0.213 e. The van der Waals surface area contributed by atoms with Gasteiger partial charge >= 0.3 is 0 Å². The van der Waals surface area contributed by atoms with Crippen LogP contribution in [-0.2, 0) is 0 Å². The summed E-state index contributed by atoms with van der Waals surface area (Å²) in [6.07, 6.45) is 1.40. The van der Waals surface area contributed by atoms with Crippen molar-refractivity contribution in [1.82, 2.24) is 4.98 Å². The Labute approximate surface area is 58.3 Å². The van der Waals surface area contributed by atoms with Crippen molar-refractivity contribution in [2.75, 3.05) is 0 Å². The first-order valence-electron chi connectivity index (χ1n) is 2.51. The van der Waals surface area contributed by atoms with E-state index in [1.807, 2.05) is 0 Å². The average Bonchev–Trinajstić information content (AvgIpc) is 1.80. The number of rotatable bonds is 0. The average molecular weight is 143 g/mol. The molecule has 1 aromatic heterocycles. The number of aromatic nitrogens is 1. The summed E-state index contributed by atoms with van der Waals surface area (Å²) in [4.78, 5) is 4.12. The summed E-state index contributed by atoms with van der Waals surface area (Å²) in [5.41, 5.74) is 0.811. The lowest BCUT2D eigenvalue weighted by atomic mass is 10.3.